The topological polar surface area (TPSA) is 77.4 Å². The van der Waals surface area contributed by atoms with Crippen molar-refractivity contribution in [3.63, 3.8) is 0 Å². The third-order valence-electron chi connectivity index (χ3n) is 5.81. The first-order valence-corrected chi connectivity index (χ1v) is 13.6. The number of rotatable bonds is 4. The van der Waals surface area contributed by atoms with Gasteiger partial charge in [-0.1, -0.05) is 54.6 Å². The molecule has 1 fully saturated rings. The predicted molar refractivity (Wildman–Crippen MR) is 136 cm³/mol. The van der Waals surface area contributed by atoms with Gasteiger partial charge < -0.3 is 4.74 Å². The van der Waals surface area contributed by atoms with Crippen LogP contribution in [0.5, 0.6) is 0 Å². The van der Waals surface area contributed by atoms with Crippen LogP contribution >= 0.6 is 23.2 Å². The molecule has 6 nitrogen and oxygen atoms in total. The van der Waals surface area contributed by atoms with Crippen molar-refractivity contribution in [2.75, 3.05) is 0 Å². The normalized spacial score (nSPS) is 15.6. The Morgan fingerprint density at radius 3 is 2.41 bits per heavy atom. The summed E-state index contributed by atoms with van der Waals surface area (Å²) in [5.41, 5.74) is 0.813. The van der Waals surface area contributed by atoms with Crippen molar-refractivity contribution < 1.29 is 17.9 Å². The molecule has 0 unspecified atom stereocenters. The minimum Gasteiger partial charge on any atom is -0.443 e. The fourth-order valence-electron chi connectivity index (χ4n) is 4.28. The maximum atomic E-state index is 13.2. The van der Waals surface area contributed by atoms with E-state index in [1.807, 2.05) is 0 Å². The number of ether oxygens (including phenoxy) is 1. The van der Waals surface area contributed by atoms with Crippen LogP contribution < -0.4 is 4.72 Å². The second kappa shape index (κ2) is 9.53. The van der Waals surface area contributed by atoms with Gasteiger partial charge in [-0.3, -0.25) is 0 Å². The first kappa shape index (κ1) is 25.0. The second-order valence-corrected chi connectivity index (χ2v) is 12.1. The average Bonchev–Trinajstić information content (AvgIpc) is 3.14. The summed E-state index contributed by atoms with van der Waals surface area (Å²) in [7, 11) is -3.85. The summed E-state index contributed by atoms with van der Waals surface area (Å²) in [5, 5.41) is 1.25. The van der Waals surface area contributed by atoms with Crippen molar-refractivity contribution in [1.29, 1.82) is 0 Å². The molecule has 0 radical (unpaired) electrons. The number of carbonyl (C=O) groups is 1. The Morgan fingerprint density at radius 1 is 1.03 bits per heavy atom. The number of sulfonamides is 1. The summed E-state index contributed by atoms with van der Waals surface area (Å²) in [6.07, 6.45) is 4.14. The Labute approximate surface area is 210 Å². The molecule has 0 spiro atoms. The summed E-state index contributed by atoms with van der Waals surface area (Å²) >= 11 is 12.8. The monoisotopic (exact) mass is 522 g/mol. The summed E-state index contributed by atoms with van der Waals surface area (Å²) in [6, 6.07) is 11.6. The molecule has 4 rings (SSSR count). The Bertz CT molecular complexity index is 1340. The first-order valence-electron chi connectivity index (χ1n) is 11.3. The molecule has 0 saturated heterocycles. The number of aromatic nitrogens is 1. The maximum Gasteiger partial charge on any atom is 0.419 e. The molecule has 1 aliphatic rings. The van der Waals surface area contributed by atoms with Gasteiger partial charge in [-0.2, -0.15) is 0 Å². The lowest BCUT2D eigenvalue weighted by atomic mass is 9.96. The molecule has 0 aliphatic heterocycles. The van der Waals surface area contributed by atoms with Crippen LogP contribution in [0.2, 0.25) is 10.0 Å². The fourth-order valence-corrected chi connectivity index (χ4v) is 6.34. The number of carbonyl (C=O) groups excluding carboxylic acids is 1. The van der Waals surface area contributed by atoms with Crippen molar-refractivity contribution in [2.45, 2.75) is 69.4 Å². The van der Waals surface area contributed by atoms with Crippen molar-refractivity contribution in [1.82, 2.24) is 9.29 Å². The van der Waals surface area contributed by atoms with Gasteiger partial charge in [0.2, 0.25) is 10.0 Å². The van der Waals surface area contributed by atoms with Crippen LogP contribution in [0.25, 0.3) is 22.2 Å². The van der Waals surface area contributed by atoms with Crippen molar-refractivity contribution in [2.24, 2.45) is 0 Å². The molecule has 2 aromatic carbocycles. The van der Waals surface area contributed by atoms with Gasteiger partial charge in [0.15, 0.2) is 0 Å². The molecule has 1 saturated carbocycles. The minimum absolute atomic E-state index is 0.0238. The zero-order valence-electron chi connectivity index (χ0n) is 19.4. The molecule has 9 heteroatoms. The Kier molecular flexibility index (Phi) is 7.02. The van der Waals surface area contributed by atoms with Crippen molar-refractivity contribution in [3.05, 3.63) is 52.5 Å². The van der Waals surface area contributed by atoms with E-state index in [9.17, 15) is 13.2 Å². The van der Waals surface area contributed by atoms with Gasteiger partial charge in [-0.25, -0.2) is 22.5 Å². The average molecular weight is 523 g/mol. The van der Waals surface area contributed by atoms with E-state index in [2.05, 4.69) is 4.72 Å². The van der Waals surface area contributed by atoms with E-state index in [-0.39, 0.29) is 16.0 Å². The molecular formula is C25H28Cl2N2O4S. The highest BCUT2D eigenvalue weighted by Crippen LogP contribution is 2.35. The van der Waals surface area contributed by atoms with Gasteiger partial charge in [0.05, 0.1) is 16.2 Å². The molecule has 0 atom stereocenters. The molecule has 0 bridgehead atoms. The minimum atomic E-state index is -3.85. The van der Waals surface area contributed by atoms with Gasteiger partial charge in [-0.15, -0.1) is 0 Å². The van der Waals surface area contributed by atoms with E-state index in [4.69, 9.17) is 27.9 Å². The van der Waals surface area contributed by atoms with E-state index in [1.54, 1.807) is 51.1 Å². The lowest BCUT2D eigenvalue weighted by molar-refractivity contribution is 0.0547. The van der Waals surface area contributed by atoms with Crippen LogP contribution in [0.3, 0.4) is 0 Å². The van der Waals surface area contributed by atoms with Crippen LogP contribution in [0.15, 0.2) is 47.4 Å². The van der Waals surface area contributed by atoms with Crippen LogP contribution in [0.4, 0.5) is 4.79 Å². The number of halogens is 2. The quantitative estimate of drug-likeness (QED) is 0.399. The Balaban J connectivity index is 1.83. The highest BCUT2D eigenvalue weighted by atomic mass is 35.5. The SMILES string of the molecule is CC(C)(C)OC(=O)n1c(-c2ccc(Cl)c(S(=O)(=O)NC3CCCCC3)c2)cc2c(Cl)cccc21. The maximum absolute atomic E-state index is 13.2. The van der Waals surface area contributed by atoms with Gasteiger partial charge in [0.1, 0.15) is 10.5 Å². The zero-order valence-corrected chi connectivity index (χ0v) is 21.7. The fraction of sp³-hybridized carbons (Fsp3) is 0.400. The summed E-state index contributed by atoms with van der Waals surface area (Å²) < 4.78 is 36.3. The molecule has 182 valence electrons. The van der Waals surface area contributed by atoms with Crippen LogP contribution in [-0.2, 0) is 14.8 Å². The molecule has 1 aromatic heterocycles. The van der Waals surface area contributed by atoms with Gasteiger partial charge in [0.25, 0.3) is 0 Å². The Hall–Kier alpha value is -2.06. The first-order chi connectivity index (χ1) is 16.0. The zero-order chi connectivity index (χ0) is 24.7. The van der Waals surface area contributed by atoms with Gasteiger partial charge in [-0.05, 0) is 63.9 Å². The van der Waals surface area contributed by atoms with E-state index in [0.29, 0.717) is 27.2 Å². The molecule has 0 amide bonds. The standard InChI is InChI=1S/C25H28Cl2N2O4S/c1-25(2,3)33-24(30)29-21-11-7-10-19(26)18(21)15-22(29)16-12-13-20(27)23(14-16)34(31,32)28-17-8-5-4-6-9-17/h7,10-15,17,28H,4-6,8-9H2,1-3H3. The smallest absolute Gasteiger partial charge is 0.419 e. The number of nitrogens with zero attached hydrogens (tertiary/aromatic N) is 1. The third-order valence-corrected chi connectivity index (χ3v) is 8.14. The highest BCUT2D eigenvalue weighted by Gasteiger charge is 2.27. The van der Waals surface area contributed by atoms with Gasteiger partial charge in [0, 0.05) is 22.0 Å². The summed E-state index contributed by atoms with van der Waals surface area (Å²) in [4.78, 5) is 13.2. The van der Waals surface area contributed by atoms with E-state index < -0.39 is 21.7 Å². The number of hydrogen-bond donors (Lipinski definition) is 1. The van der Waals surface area contributed by atoms with Crippen molar-refractivity contribution in [3.8, 4) is 11.3 Å². The summed E-state index contributed by atoms with van der Waals surface area (Å²) in [6.45, 7) is 5.35. The number of nitrogens with one attached hydrogen (secondary N) is 1. The molecule has 3 aromatic rings. The highest BCUT2D eigenvalue weighted by molar-refractivity contribution is 7.89. The van der Waals surface area contributed by atoms with Gasteiger partial charge >= 0.3 is 6.09 Å². The van der Waals surface area contributed by atoms with E-state index in [1.165, 1.54) is 16.7 Å². The molecule has 1 heterocycles. The van der Waals surface area contributed by atoms with Crippen LogP contribution in [0, 0.1) is 0 Å². The van der Waals surface area contributed by atoms with E-state index in [0.717, 1.165) is 32.1 Å². The molecule has 1 N–H and O–H groups in total. The lowest BCUT2D eigenvalue weighted by Gasteiger charge is -2.23. The number of hydrogen-bond acceptors (Lipinski definition) is 4. The number of fused-ring (bicyclic) bond motifs is 1. The Morgan fingerprint density at radius 2 is 1.74 bits per heavy atom. The largest absolute Gasteiger partial charge is 0.443 e. The van der Waals surface area contributed by atoms with Crippen LogP contribution in [0.1, 0.15) is 52.9 Å². The molecule has 1 aliphatic carbocycles. The van der Waals surface area contributed by atoms with Crippen molar-refractivity contribution >= 4 is 50.2 Å². The van der Waals surface area contributed by atoms with Crippen LogP contribution in [-0.4, -0.2) is 30.7 Å². The lowest BCUT2D eigenvalue weighted by Crippen LogP contribution is -2.36. The summed E-state index contributed by atoms with van der Waals surface area (Å²) in [5.74, 6) is 0. The molecule has 34 heavy (non-hydrogen) atoms. The third kappa shape index (κ3) is 5.28. The molecular weight excluding hydrogens is 495 g/mol. The predicted octanol–water partition coefficient (Wildman–Crippen LogP) is 7.01. The second-order valence-electron chi connectivity index (χ2n) is 9.62. The number of benzene rings is 2. The van der Waals surface area contributed by atoms with E-state index >= 15 is 0 Å².